The molecule has 1 N–H and O–H groups in total. The summed E-state index contributed by atoms with van der Waals surface area (Å²) in [6, 6.07) is 11.4. The average Bonchev–Trinajstić information content (AvgIpc) is 3.33. The van der Waals surface area contributed by atoms with Crippen molar-refractivity contribution in [1.29, 1.82) is 5.41 Å². The largest absolute Gasteiger partial charge is 0.493 e. The number of carbonyl (C=O) groups is 2. The quantitative estimate of drug-likeness (QED) is 0.526. The molecule has 38 heavy (non-hydrogen) atoms. The van der Waals surface area contributed by atoms with Crippen LogP contribution in [0.15, 0.2) is 58.1 Å². The van der Waals surface area contributed by atoms with Crippen molar-refractivity contribution < 1.29 is 23.5 Å². The van der Waals surface area contributed by atoms with Gasteiger partial charge in [0.1, 0.15) is 17.5 Å². The highest BCUT2D eigenvalue weighted by Crippen LogP contribution is 2.32. The molecule has 2 amide bonds. The fraction of sp³-hybridized carbons (Fsp3) is 0.296. The Balaban J connectivity index is 1.30. The van der Waals surface area contributed by atoms with Gasteiger partial charge in [0, 0.05) is 18.7 Å². The number of halogens is 1. The molecule has 0 aromatic heterocycles. The number of aliphatic imine (C=N–C) groups is 1. The van der Waals surface area contributed by atoms with Crippen molar-refractivity contribution in [2.24, 2.45) is 10.1 Å². The van der Waals surface area contributed by atoms with Crippen LogP contribution in [-0.2, 0) is 16.2 Å². The molecule has 1 fully saturated rings. The second-order valence-corrected chi connectivity index (χ2v) is 9.96. The van der Waals surface area contributed by atoms with Crippen molar-refractivity contribution in [2.45, 2.75) is 32.3 Å². The van der Waals surface area contributed by atoms with E-state index in [0.29, 0.717) is 27.7 Å². The van der Waals surface area contributed by atoms with Crippen molar-refractivity contribution in [1.82, 2.24) is 9.91 Å². The maximum Gasteiger partial charge on any atom is 0.283 e. The summed E-state index contributed by atoms with van der Waals surface area (Å²) in [4.78, 5) is 31.4. The summed E-state index contributed by atoms with van der Waals surface area (Å²) in [7, 11) is 1.48. The van der Waals surface area contributed by atoms with Crippen LogP contribution in [0.25, 0.3) is 6.08 Å². The molecule has 0 spiro atoms. The van der Waals surface area contributed by atoms with Crippen molar-refractivity contribution in [3.05, 3.63) is 65.0 Å². The lowest BCUT2D eigenvalue weighted by Gasteiger charge is -2.26. The van der Waals surface area contributed by atoms with Gasteiger partial charge in [0.2, 0.25) is 11.1 Å². The Hall–Kier alpha value is -3.99. The second kappa shape index (κ2) is 11.2. The van der Waals surface area contributed by atoms with E-state index in [1.165, 1.54) is 24.3 Å². The predicted octanol–water partition coefficient (Wildman–Crippen LogP) is 4.44. The molecule has 0 unspecified atom stereocenters. The van der Waals surface area contributed by atoms with Crippen LogP contribution in [0.4, 0.5) is 4.39 Å². The molecule has 1 saturated heterocycles. The molecule has 2 aromatic carbocycles. The molecular weight excluding hydrogens is 509 g/mol. The summed E-state index contributed by atoms with van der Waals surface area (Å²) in [5, 5.41) is 15.1. The number of ether oxygens (including phenoxy) is 2. The Bertz CT molecular complexity index is 1380. The van der Waals surface area contributed by atoms with Crippen molar-refractivity contribution in [3.63, 3.8) is 0 Å². The maximum atomic E-state index is 13.9. The lowest BCUT2D eigenvalue weighted by atomic mass is 10.1. The van der Waals surface area contributed by atoms with Gasteiger partial charge in [-0.25, -0.2) is 4.39 Å². The Morgan fingerprint density at radius 2 is 1.95 bits per heavy atom. The van der Waals surface area contributed by atoms with Gasteiger partial charge in [-0.3, -0.25) is 15.0 Å². The normalized spacial score (nSPS) is 18.3. The molecule has 11 heteroatoms. The molecule has 2 aromatic rings. The smallest absolute Gasteiger partial charge is 0.283 e. The molecule has 0 bridgehead atoms. The summed E-state index contributed by atoms with van der Waals surface area (Å²) in [6.07, 6.45) is 4.78. The van der Waals surface area contributed by atoms with Gasteiger partial charge in [0.15, 0.2) is 17.3 Å². The van der Waals surface area contributed by atoms with Crippen molar-refractivity contribution in [3.8, 4) is 11.5 Å². The third kappa shape index (κ3) is 5.47. The number of benzene rings is 2. The minimum atomic E-state index is -0.564. The predicted molar refractivity (Wildman–Crippen MR) is 144 cm³/mol. The summed E-state index contributed by atoms with van der Waals surface area (Å²) in [6.45, 7) is 1.52. The number of rotatable bonds is 7. The van der Waals surface area contributed by atoms with Crippen molar-refractivity contribution >= 4 is 45.7 Å². The number of amidine groups is 2. The number of piperidine rings is 1. The standard InChI is InChI=1S/C27H26FN5O4S/c1-36-22-14-17(9-10-21(22)37-16-18-7-3-4-8-20(18)28)13-19-25(29)33-27(30-26(19)35)38-23(31-33)15-24(34)32-11-5-2-6-12-32/h3-4,7-10,13-14,29H,2,5-6,11-12,15-16H2,1H3/b19-13+,29-25?. The fourth-order valence-corrected chi connectivity index (χ4v) is 5.19. The Kier molecular flexibility index (Phi) is 7.54. The number of hydrazone groups is 1. The molecular formula is C27H26FN5O4S. The summed E-state index contributed by atoms with van der Waals surface area (Å²) in [5.41, 5.74) is 1.06. The van der Waals surface area contributed by atoms with Gasteiger partial charge in [-0.15, -0.1) is 0 Å². The van der Waals surface area contributed by atoms with Gasteiger partial charge in [0.25, 0.3) is 5.91 Å². The number of likely N-dealkylation sites (tertiary alicyclic amines) is 1. The van der Waals surface area contributed by atoms with E-state index in [1.807, 2.05) is 4.90 Å². The highest BCUT2D eigenvalue weighted by Gasteiger charge is 2.36. The Labute approximate surface area is 223 Å². The lowest BCUT2D eigenvalue weighted by Crippen LogP contribution is -2.36. The molecule has 3 aliphatic rings. The third-order valence-corrected chi connectivity index (χ3v) is 7.26. The lowest BCUT2D eigenvalue weighted by molar-refractivity contribution is -0.130. The zero-order chi connectivity index (χ0) is 26.6. The molecule has 3 heterocycles. The minimum Gasteiger partial charge on any atom is -0.493 e. The number of carbonyl (C=O) groups excluding carboxylic acids is 2. The highest BCUT2D eigenvalue weighted by atomic mass is 32.2. The van der Waals surface area contributed by atoms with Crippen molar-refractivity contribution in [2.75, 3.05) is 20.2 Å². The first-order chi connectivity index (χ1) is 18.4. The Morgan fingerprint density at radius 3 is 2.71 bits per heavy atom. The van der Waals surface area contributed by atoms with Crippen LogP contribution in [0.1, 0.15) is 36.8 Å². The topological polar surface area (TPSA) is 108 Å². The van der Waals surface area contributed by atoms with E-state index in [1.54, 1.807) is 36.4 Å². The summed E-state index contributed by atoms with van der Waals surface area (Å²) >= 11 is 1.14. The van der Waals surface area contributed by atoms with Crippen LogP contribution in [-0.4, -0.2) is 58.0 Å². The number of hydrogen-bond donors (Lipinski definition) is 1. The molecule has 0 aliphatic carbocycles. The highest BCUT2D eigenvalue weighted by molar-refractivity contribution is 8.27. The van der Waals surface area contributed by atoms with E-state index in [4.69, 9.17) is 14.9 Å². The third-order valence-electron chi connectivity index (χ3n) is 6.35. The van der Waals surface area contributed by atoms with E-state index in [2.05, 4.69) is 10.1 Å². The SMILES string of the molecule is COc1cc(/C=C2\C(=N)N3N=C(CC(=O)N4CCCCC4)SC3=NC2=O)ccc1OCc1ccccc1F. The van der Waals surface area contributed by atoms with Gasteiger partial charge in [-0.1, -0.05) is 24.3 Å². The molecule has 0 atom stereocenters. The van der Waals surface area contributed by atoms with E-state index >= 15 is 0 Å². The molecule has 0 saturated carbocycles. The summed E-state index contributed by atoms with van der Waals surface area (Å²) < 4.78 is 25.1. The van der Waals surface area contributed by atoms with E-state index in [-0.39, 0.29) is 41.3 Å². The van der Waals surface area contributed by atoms with E-state index < -0.39 is 5.91 Å². The van der Waals surface area contributed by atoms with Crippen LogP contribution >= 0.6 is 11.8 Å². The maximum absolute atomic E-state index is 13.9. The number of nitrogens with one attached hydrogen (secondary N) is 1. The van der Waals surface area contributed by atoms with E-state index in [0.717, 1.165) is 44.1 Å². The van der Waals surface area contributed by atoms with Crippen LogP contribution in [0.3, 0.4) is 0 Å². The number of thioether (sulfide) groups is 1. The molecule has 196 valence electrons. The molecule has 5 rings (SSSR count). The number of fused-ring (bicyclic) bond motifs is 1. The first-order valence-corrected chi connectivity index (χ1v) is 13.1. The van der Waals surface area contributed by atoms with Gasteiger partial charge in [-0.05, 0) is 60.9 Å². The van der Waals surface area contributed by atoms with Crippen LogP contribution in [0.5, 0.6) is 11.5 Å². The van der Waals surface area contributed by atoms with Gasteiger partial charge < -0.3 is 14.4 Å². The average molecular weight is 536 g/mol. The first kappa shape index (κ1) is 25.7. The molecule has 9 nitrogen and oxygen atoms in total. The summed E-state index contributed by atoms with van der Waals surface area (Å²) in [5.74, 6) is -0.244. The fourth-order valence-electron chi connectivity index (χ4n) is 4.32. The van der Waals surface area contributed by atoms with Gasteiger partial charge in [0.05, 0.1) is 19.1 Å². The number of methoxy groups -OCH3 is 1. The second-order valence-electron chi connectivity index (χ2n) is 8.92. The van der Waals surface area contributed by atoms with Crippen LogP contribution < -0.4 is 9.47 Å². The van der Waals surface area contributed by atoms with E-state index in [9.17, 15) is 14.0 Å². The minimum absolute atomic E-state index is 0.00516. The van der Waals surface area contributed by atoms with Gasteiger partial charge in [-0.2, -0.15) is 15.1 Å². The van der Waals surface area contributed by atoms with Crippen LogP contribution in [0, 0.1) is 11.2 Å². The number of amides is 2. The zero-order valence-corrected chi connectivity index (χ0v) is 21.6. The van der Waals surface area contributed by atoms with Crippen LogP contribution in [0.2, 0.25) is 0 Å². The zero-order valence-electron chi connectivity index (χ0n) is 20.8. The number of nitrogens with zero attached hydrogens (tertiary/aromatic N) is 4. The number of hydrogen-bond acceptors (Lipinski definition) is 7. The molecule has 0 radical (unpaired) electrons. The Morgan fingerprint density at radius 1 is 1.16 bits per heavy atom. The van der Waals surface area contributed by atoms with Gasteiger partial charge >= 0.3 is 0 Å². The molecule has 3 aliphatic heterocycles. The first-order valence-electron chi connectivity index (χ1n) is 12.2. The monoisotopic (exact) mass is 535 g/mol.